The predicted octanol–water partition coefficient (Wildman–Crippen LogP) is 4.77. The van der Waals surface area contributed by atoms with E-state index < -0.39 is 5.82 Å². The summed E-state index contributed by atoms with van der Waals surface area (Å²) in [6.07, 6.45) is 0. The normalized spacial score (nSPS) is 10.8. The second-order valence-electron chi connectivity index (χ2n) is 4.69. The summed E-state index contributed by atoms with van der Waals surface area (Å²) in [6.45, 7) is 4.49. The standard InChI is InChI=1S/C15H15BrClFN2O/c1-8-4-9(2)20-15(10(8)7-19-3)21-14-6-13(18)12(17)5-11(14)16/h4-6,19H,7H2,1-3H3. The highest BCUT2D eigenvalue weighted by molar-refractivity contribution is 9.10. The number of ether oxygens (including phenoxy) is 1. The summed E-state index contributed by atoms with van der Waals surface area (Å²) >= 11 is 9.05. The number of benzene rings is 1. The van der Waals surface area contributed by atoms with Crippen molar-refractivity contribution in [2.75, 3.05) is 7.05 Å². The maximum absolute atomic E-state index is 13.6. The van der Waals surface area contributed by atoms with Crippen LogP contribution in [0.25, 0.3) is 0 Å². The Morgan fingerprint density at radius 2 is 2.05 bits per heavy atom. The van der Waals surface area contributed by atoms with Crippen LogP contribution >= 0.6 is 27.5 Å². The predicted molar refractivity (Wildman–Crippen MR) is 85.7 cm³/mol. The molecule has 0 radical (unpaired) electrons. The summed E-state index contributed by atoms with van der Waals surface area (Å²) < 4.78 is 20.0. The van der Waals surface area contributed by atoms with Crippen molar-refractivity contribution in [2.24, 2.45) is 0 Å². The minimum absolute atomic E-state index is 0.0399. The van der Waals surface area contributed by atoms with Gasteiger partial charge in [-0.05, 0) is 54.5 Å². The van der Waals surface area contributed by atoms with E-state index in [2.05, 4.69) is 26.2 Å². The van der Waals surface area contributed by atoms with Crippen molar-refractivity contribution in [1.82, 2.24) is 10.3 Å². The minimum atomic E-state index is -0.533. The molecule has 0 atom stereocenters. The SMILES string of the molecule is CNCc1c(C)cc(C)nc1Oc1cc(F)c(Cl)cc1Br. The lowest BCUT2D eigenvalue weighted by molar-refractivity contribution is 0.445. The van der Waals surface area contributed by atoms with Crippen LogP contribution in [0.15, 0.2) is 22.7 Å². The van der Waals surface area contributed by atoms with Gasteiger partial charge in [-0.25, -0.2) is 9.37 Å². The largest absolute Gasteiger partial charge is 0.437 e. The molecule has 0 fully saturated rings. The molecule has 0 amide bonds. The molecule has 112 valence electrons. The lowest BCUT2D eigenvalue weighted by atomic mass is 10.1. The van der Waals surface area contributed by atoms with Crippen molar-refractivity contribution in [1.29, 1.82) is 0 Å². The number of aryl methyl sites for hydroxylation is 2. The molecule has 6 heteroatoms. The van der Waals surface area contributed by atoms with Crippen molar-refractivity contribution >= 4 is 27.5 Å². The van der Waals surface area contributed by atoms with E-state index in [0.717, 1.165) is 16.8 Å². The highest BCUT2D eigenvalue weighted by atomic mass is 79.9. The van der Waals surface area contributed by atoms with E-state index in [-0.39, 0.29) is 5.02 Å². The second-order valence-corrected chi connectivity index (χ2v) is 5.95. The summed E-state index contributed by atoms with van der Waals surface area (Å²) in [5.74, 6) is 0.269. The number of hydrogen-bond donors (Lipinski definition) is 1. The van der Waals surface area contributed by atoms with E-state index in [4.69, 9.17) is 16.3 Å². The average Bonchev–Trinajstić information content (AvgIpc) is 2.40. The number of hydrogen-bond acceptors (Lipinski definition) is 3. The smallest absolute Gasteiger partial charge is 0.224 e. The third-order valence-corrected chi connectivity index (χ3v) is 3.88. The van der Waals surface area contributed by atoms with Crippen LogP contribution in [-0.4, -0.2) is 12.0 Å². The number of nitrogens with one attached hydrogen (secondary N) is 1. The van der Waals surface area contributed by atoms with E-state index in [1.807, 2.05) is 27.0 Å². The highest BCUT2D eigenvalue weighted by Crippen LogP contribution is 2.35. The molecule has 0 saturated carbocycles. The molecule has 0 unspecified atom stereocenters. The molecule has 1 heterocycles. The van der Waals surface area contributed by atoms with Crippen LogP contribution in [0, 0.1) is 19.7 Å². The first kappa shape index (κ1) is 16.2. The fourth-order valence-corrected chi connectivity index (χ4v) is 2.71. The molecule has 1 N–H and O–H groups in total. The molecule has 2 aromatic rings. The zero-order valence-electron chi connectivity index (χ0n) is 11.9. The van der Waals surface area contributed by atoms with Gasteiger partial charge >= 0.3 is 0 Å². The number of aromatic nitrogens is 1. The van der Waals surface area contributed by atoms with Gasteiger partial charge in [-0.3, -0.25) is 0 Å². The van der Waals surface area contributed by atoms with Crippen LogP contribution in [0.4, 0.5) is 4.39 Å². The molecule has 0 aliphatic rings. The van der Waals surface area contributed by atoms with Gasteiger partial charge in [0.1, 0.15) is 11.6 Å². The number of halogens is 3. The van der Waals surface area contributed by atoms with Crippen molar-refractivity contribution in [3.63, 3.8) is 0 Å². The topological polar surface area (TPSA) is 34.2 Å². The molecule has 0 aliphatic carbocycles. The Balaban J connectivity index is 2.46. The number of nitrogens with zero attached hydrogens (tertiary/aromatic N) is 1. The van der Waals surface area contributed by atoms with Crippen LogP contribution in [0.3, 0.4) is 0 Å². The minimum Gasteiger partial charge on any atom is -0.437 e. The fraction of sp³-hybridized carbons (Fsp3) is 0.267. The highest BCUT2D eigenvalue weighted by Gasteiger charge is 2.14. The van der Waals surface area contributed by atoms with Crippen molar-refractivity contribution in [3.05, 3.63) is 50.3 Å². The molecule has 0 spiro atoms. The molecule has 1 aromatic heterocycles. The lowest BCUT2D eigenvalue weighted by Crippen LogP contribution is -2.10. The molecule has 2 rings (SSSR count). The Hall–Kier alpha value is -1.17. The maximum atomic E-state index is 13.6. The van der Waals surface area contributed by atoms with Crippen molar-refractivity contribution in [3.8, 4) is 11.6 Å². The Morgan fingerprint density at radius 1 is 1.33 bits per heavy atom. The Kier molecular flexibility index (Phi) is 5.19. The van der Waals surface area contributed by atoms with Crippen molar-refractivity contribution < 1.29 is 9.13 Å². The fourth-order valence-electron chi connectivity index (χ4n) is 1.99. The third-order valence-electron chi connectivity index (χ3n) is 2.97. The first-order valence-electron chi connectivity index (χ1n) is 6.36. The van der Waals surface area contributed by atoms with Gasteiger partial charge < -0.3 is 10.1 Å². The third kappa shape index (κ3) is 3.73. The zero-order valence-corrected chi connectivity index (χ0v) is 14.3. The van der Waals surface area contributed by atoms with Gasteiger partial charge in [-0.1, -0.05) is 11.6 Å². The van der Waals surface area contributed by atoms with Crippen LogP contribution in [0.5, 0.6) is 11.6 Å². The van der Waals surface area contributed by atoms with Gasteiger partial charge in [0, 0.05) is 23.9 Å². The number of rotatable bonds is 4. The summed E-state index contributed by atoms with van der Waals surface area (Å²) in [5.41, 5.74) is 2.84. The Bertz CT molecular complexity index is 679. The zero-order chi connectivity index (χ0) is 15.6. The van der Waals surface area contributed by atoms with E-state index in [1.54, 1.807) is 0 Å². The van der Waals surface area contributed by atoms with E-state index in [1.165, 1.54) is 12.1 Å². The monoisotopic (exact) mass is 372 g/mol. The first-order chi connectivity index (χ1) is 9.92. The van der Waals surface area contributed by atoms with Gasteiger partial charge in [0.2, 0.25) is 5.88 Å². The number of pyridine rings is 1. The van der Waals surface area contributed by atoms with Crippen LogP contribution in [0.1, 0.15) is 16.8 Å². The summed E-state index contributed by atoms with van der Waals surface area (Å²) in [6, 6.07) is 4.69. The summed E-state index contributed by atoms with van der Waals surface area (Å²) in [7, 11) is 1.85. The van der Waals surface area contributed by atoms with Gasteiger partial charge in [0.15, 0.2) is 0 Å². The summed E-state index contributed by atoms with van der Waals surface area (Å²) in [5, 5.41) is 3.12. The quantitative estimate of drug-likeness (QED) is 0.784. The molecular weight excluding hydrogens is 359 g/mol. The molecular formula is C15H15BrClFN2O. The van der Waals surface area contributed by atoms with Gasteiger partial charge in [0.25, 0.3) is 0 Å². The molecule has 0 aliphatic heterocycles. The maximum Gasteiger partial charge on any atom is 0.224 e. The van der Waals surface area contributed by atoms with Gasteiger partial charge in [-0.15, -0.1) is 0 Å². The Labute approximate surface area is 136 Å². The van der Waals surface area contributed by atoms with Gasteiger partial charge in [0.05, 0.1) is 9.50 Å². The van der Waals surface area contributed by atoms with E-state index in [9.17, 15) is 4.39 Å². The molecule has 21 heavy (non-hydrogen) atoms. The molecule has 0 bridgehead atoms. The Morgan fingerprint density at radius 3 is 2.71 bits per heavy atom. The van der Waals surface area contributed by atoms with Crippen LogP contribution in [0.2, 0.25) is 5.02 Å². The van der Waals surface area contributed by atoms with Gasteiger partial charge in [-0.2, -0.15) is 0 Å². The van der Waals surface area contributed by atoms with E-state index in [0.29, 0.717) is 22.6 Å². The molecule has 3 nitrogen and oxygen atoms in total. The van der Waals surface area contributed by atoms with Crippen molar-refractivity contribution in [2.45, 2.75) is 20.4 Å². The van der Waals surface area contributed by atoms with Crippen LogP contribution in [-0.2, 0) is 6.54 Å². The van der Waals surface area contributed by atoms with Crippen LogP contribution < -0.4 is 10.1 Å². The van der Waals surface area contributed by atoms with E-state index >= 15 is 0 Å². The second kappa shape index (κ2) is 6.73. The lowest BCUT2D eigenvalue weighted by Gasteiger charge is -2.14. The average molecular weight is 374 g/mol. The summed E-state index contributed by atoms with van der Waals surface area (Å²) in [4.78, 5) is 4.40. The molecule has 0 saturated heterocycles. The molecule has 1 aromatic carbocycles. The first-order valence-corrected chi connectivity index (χ1v) is 7.53.